The van der Waals surface area contributed by atoms with E-state index in [2.05, 4.69) is 44.3 Å². The zero-order valence-corrected chi connectivity index (χ0v) is 28.0. The molecular weight excluding hydrogens is 595 g/mol. The standard InChI is InChI=1S/C40H49FO6/c1-6-7-8-9-31-18-21-36(22-19-31)37-23-20-34(24-38(37)41)16-14-32-10-12-33(13-11-32)15-17-35(25-46-39(44)27(2)29(4)42)26-47-40(45)28(3)30(5)43/h10-13,18-24,29-30,35,42-43H,2-3,6-9,14-17,25-26H2,1,4-5H3. The average molecular weight is 645 g/mol. The fourth-order valence-electron chi connectivity index (χ4n) is 5.04. The van der Waals surface area contributed by atoms with E-state index in [4.69, 9.17) is 9.47 Å². The Balaban J connectivity index is 1.54. The van der Waals surface area contributed by atoms with E-state index in [-0.39, 0.29) is 36.1 Å². The number of hydrogen-bond acceptors (Lipinski definition) is 6. The van der Waals surface area contributed by atoms with Gasteiger partial charge in [0.2, 0.25) is 0 Å². The molecule has 0 aliphatic rings. The van der Waals surface area contributed by atoms with Gasteiger partial charge in [0.1, 0.15) is 5.82 Å². The zero-order chi connectivity index (χ0) is 34.3. The second-order valence-corrected chi connectivity index (χ2v) is 12.3. The predicted molar refractivity (Wildman–Crippen MR) is 184 cm³/mol. The lowest BCUT2D eigenvalue weighted by Gasteiger charge is -2.19. The summed E-state index contributed by atoms with van der Waals surface area (Å²) < 4.78 is 25.7. The Labute approximate surface area is 278 Å². The molecule has 0 fully saturated rings. The third-order valence-corrected chi connectivity index (χ3v) is 8.37. The molecule has 47 heavy (non-hydrogen) atoms. The zero-order valence-electron chi connectivity index (χ0n) is 28.0. The van der Waals surface area contributed by atoms with Crippen LogP contribution in [0.3, 0.4) is 0 Å². The van der Waals surface area contributed by atoms with Gasteiger partial charge in [-0.3, -0.25) is 0 Å². The number of carbonyl (C=O) groups is 2. The van der Waals surface area contributed by atoms with Crippen molar-refractivity contribution in [2.75, 3.05) is 13.2 Å². The highest BCUT2D eigenvalue weighted by Crippen LogP contribution is 2.25. The first-order valence-electron chi connectivity index (χ1n) is 16.5. The van der Waals surface area contributed by atoms with Gasteiger partial charge in [-0.1, -0.05) is 93.6 Å². The number of unbranched alkanes of at least 4 members (excludes halogenated alkanes) is 2. The van der Waals surface area contributed by atoms with Crippen LogP contribution in [0.15, 0.2) is 91.0 Å². The molecule has 0 radical (unpaired) electrons. The molecule has 0 aliphatic heterocycles. The largest absolute Gasteiger partial charge is 0.462 e. The Kier molecular flexibility index (Phi) is 15.1. The van der Waals surface area contributed by atoms with Crippen LogP contribution in [0.4, 0.5) is 4.39 Å². The lowest BCUT2D eigenvalue weighted by atomic mass is 9.97. The van der Waals surface area contributed by atoms with E-state index >= 15 is 4.39 Å². The monoisotopic (exact) mass is 644 g/mol. The van der Waals surface area contributed by atoms with Crippen molar-refractivity contribution in [3.05, 3.63) is 119 Å². The molecule has 0 amide bonds. The number of benzene rings is 3. The van der Waals surface area contributed by atoms with E-state index in [1.807, 2.05) is 36.4 Å². The number of aliphatic hydroxyl groups is 2. The van der Waals surface area contributed by atoms with E-state index in [1.165, 1.54) is 38.7 Å². The second-order valence-electron chi connectivity index (χ2n) is 12.3. The number of carbonyl (C=O) groups excluding carboxylic acids is 2. The maximum absolute atomic E-state index is 15.1. The van der Waals surface area contributed by atoms with Crippen molar-refractivity contribution in [3.8, 4) is 11.1 Å². The van der Waals surface area contributed by atoms with Gasteiger partial charge in [-0.25, -0.2) is 14.0 Å². The van der Waals surface area contributed by atoms with E-state index in [1.54, 1.807) is 6.07 Å². The number of ether oxygens (including phenoxy) is 2. The molecule has 2 N–H and O–H groups in total. The Morgan fingerprint density at radius 1 is 0.702 bits per heavy atom. The van der Waals surface area contributed by atoms with Crippen molar-refractivity contribution in [1.82, 2.24) is 0 Å². The van der Waals surface area contributed by atoms with Crippen molar-refractivity contribution in [3.63, 3.8) is 0 Å². The minimum atomic E-state index is -1.03. The van der Waals surface area contributed by atoms with Gasteiger partial charge in [0.15, 0.2) is 0 Å². The lowest BCUT2D eigenvalue weighted by molar-refractivity contribution is -0.145. The summed E-state index contributed by atoms with van der Waals surface area (Å²) in [6.07, 6.45) is 5.23. The number of halogens is 1. The Bertz CT molecular complexity index is 1440. The Hall–Kier alpha value is -4.07. The molecular formula is C40H49FO6. The summed E-state index contributed by atoms with van der Waals surface area (Å²) in [7, 11) is 0. The van der Waals surface area contributed by atoms with E-state index < -0.39 is 24.1 Å². The van der Waals surface area contributed by atoms with Gasteiger partial charge in [-0.2, -0.15) is 0 Å². The lowest BCUT2D eigenvalue weighted by Crippen LogP contribution is -2.25. The topological polar surface area (TPSA) is 93.1 Å². The molecule has 3 aromatic rings. The van der Waals surface area contributed by atoms with Crippen LogP contribution in [-0.2, 0) is 44.7 Å². The second kappa shape index (κ2) is 18.9. The van der Waals surface area contributed by atoms with Gasteiger partial charge >= 0.3 is 11.9 Å². The van der Waals surface area contributed by atoms with Gasteiger partial charge in [-0.05, 0) is 86.3 Å². The van der Waals surface area contributed by atoms with Gasteiger partial charge in [0.05, 0.1) is 36.6 Å². The molecule has 2 unspecified atom stereocenters. The van der Waals surface area contributed by atoms with Crippen LogP contribution in [0.2, 0.25) is 0 Å². The molecule has 0 saturated heterocycles. The van der Waals surface area contributed by atoms with Crippen LogP contribution in [-0.4, -0.2) is 47.6 Å². The van der Waals surface area contributed by atoms with Crippen molar-refractivity contribution < 1.29 is 33.7 Å². The van der Waals surface area contributed by atoms with Gasteiger partial charge in [0, 0.05) is 11.5 Å². The minimum Gasteiger partial charge on any atom is -0.462 e. The predicted octanol–water partition coefficient (Wildman–Crippen LogP) is 7.52. The molecule has 6 nitrogen and oxygen atoms in total. The first-order valence-corrected chi connectivity index (χ1v) is 16.5. The molecule has 0 heterocycles. The van der Waals surface area contributed by atoms with Crippen LogP contribution in [0.25, 0.3) is 11.1 Å². The molecule has 3 aromatic carbocycles. The summed E-state index contributed by atoms with van der Waals surface area (Å²) in [5.41, 5.74) is 5.80. The fourth-order valence-corrected chi connectivity index (χ4v) is 5.04. The van der Waals surface area contributed by atoms with Crippen molar-refractivity contribution in [1.29, 1.82) is 0 Å². The highest BCUT2D eigenvalue weighted by molar-refractivity contribution is 5.89. The number of aryl methyl sites for hydroxylation is 4. The van der Waals surface area contributed by atoms with Gasteiger partial charge in [0.25, 0.3) is 0 Å². The molecule has 0 bridgehead atoms. The average Bonchev–Trinajstić information content (AvgIpc) is 3.06. The molecule has 0 aromatic heterocycles. The molecule has 252 valence electrons. The maximum atomic E-state index is 15.1. The maximum Gasteiger partial charge on any atom is 0.336 e. The van der Waals surface area contributed by atoms with Crippen LogP contribution < -0.4 is 0 Å². The molecule has 2 atom stereocenters. The van der Waals surface area contributed by atoms with Crippen molar-refractivity contribution in [2.45, 2.75) is 84.3 Å². The van der Waals surface area contributed by atoms with E-state index in [0.29, 0.717) is 24.8 Å². The highest BCUT2D eigenvalue weighted by atomic mass is 19.1. The first kappa shape index (κ1) is 37.4. The van der Waals surface area contributed by atoms with Crippen molar-refractivity contribution in [2.24, 2.45) is 5.92 Å². The van der Waals surface area contributed by atoms with Crippen LogP contribution in [0, 0.1) is 11.7 Å². The summed E-state index contributed by atoms with van der Waals surface area (Å²) in [5.74, 6) is -1.97. The summed E-state index contributed by atoms with van der Waals surface area (Å²) in [6, 6.07) is 21.9. The smallest absolute Gasteiger partial charge is 0.336 e. The Morgan fingerprint density at radius 2 is 1.17 bits per heavy atom. The Morgan fingerprint density at radius 3 is 1.68 bits per heavy atom. The number of esters is 2. The van der Waals surface area contributed by atoms with Gasteiger partial charge < -0.3 is 19.7 Å². The minimum absolute atomic E-state index is 0.0310. The normalized spacial score (nSPS) is 13.0. The quantitative estimate of drug-likeness (QED) is 0.0797. The number of aliphatic hydroxyl groups excluding tert-OH is 2. The van der Waals surface area contributed by atoms with Crippen LogP contribution in [0.1, 0.15) is 68.7 Å². The fraction of sp³-hybridized carbons (Fsp3) is 0.400. The number of hydrogen-bond donors (Lipinski definition) is 2. The summed E-state index contributed by atoms with van der Waals surface area (Å²) in [6.45, 7) is 12.1. The van der Waals surface area contributed by atoms with Crippen molar-refractivity contribution >= 4 is 11.9 Å². The summed E-state index contributed by atoms with van der Waals surface area (Å²) in [5, 5.41) is 19.2. The van der Waals surface area contributed by atoms with E-state index in [0.717, 1.165) is 35.1 Å². The third kappa shape index (κ3) is 12.2. The van der Waals surface area contributed by atoms with Crippen LogP contribution >= 0.6 is 0 Å². The van der Waals surface area contributed by atoms with Gasteiger partial charge in [-0.15, -0.1) is 0 Å². The summed E-state index contributed by atoms with van der Waals surface area (Å²) in [4.78, 5) is 24.4. The molecule has 0 spiro atoms. The van der Waals surface area contributed by atoms with E-state index in [9.17, 15) is 19.8 Å². The molecule has 3 rings (SSSR count). The SMILES string of the molecule is C=C(C(=O)OCC(CCc1ccc(CCc2ccc(-c3ccc(CCCCC)cc3)c(F)c2)cc1)COC(=O)C(=C)C(C)O)C(C)O. The molecule has 0 saturated carbocycles. The highest BCUT2D eigenvalue weighted by Gasteiger charge is 2.20. The van der Waals surface area contributed by atoms with Crippen LogP contribution in [0.5, 0.6) is 0 Å². The third-order valence-electron chi connectivity index (χ3n) is 8.37. The molecule has 7 heteroatoms. The summed E-state index contributed by atoms with van der Waals surface area (Å²) >= 11 is 0. The number of rotatable bonds is 19. The first-order chi connectivity index (χ1) is 22.5. The molecule has 0 aliphatic carbocycles.